The molecule has 0 fully saturated rings. The molecular weight excluding hydrogens is 518 g/mol. The Bertz CT molecular complexity index is 1710. The number of anilines is 1. The summed E-state index contributed by atoms with van der Waals surface area (Å²) in [6.45, 7) is -0.574. The molecule has 0 saturated carbocycles. The van der Waals surface area contributed by atoms with Gasteiger partial charge in [0.05, 0.1) is 38.6 Å². The van der Waals surface area contributed by atoms with Gasteiger partial charge in [0, 0.05) is 16.8 Å². The van der Waals surface area contributed by atoms with Gasteiger partial charge in [0.25, 0.3) is 5.91 Å². The van der Waals surface area contributed by atoms with E-state index in [1.54, 1.807) is 18.2 Å². The molecule has 1 aromatic heterocycles. The van der Waals surface area contributed by atoms with Crippen LogP contribution in [0.25, 0.3) is 33.5 Å². The summed E-state index contributed by atoms with van der Waals surface area (Å²) < 4.78 is 5.18. The van der Waals surface area contributed by atoms with Crippen LogP contribution in [0, 0.1) is 0 Å². The lowest BCUT2D eigenvalue weighted by Gasteiger charge is -2.11. The summed E-state index contributed by atoms with van der Waals surface area (Å²) in [6.07, 6.45) is 0. The Morgan fingerprint density at radius 1 is 0.769 bits per heavy atom. The Morgan fingerprint density at radius 3 is 2.00 bits per heavy atom. The second-order valence-corrected chi connectivity index (χ2v) is 8.89. The van der Waals surface area contributed by atoms with E-state index in [0.29, 0.717) is 16.7 Å². The normalized spacial score (nSPS) is 10.7. The van der Waals surface area contributed by atoms with Crippen LogP contribution in [0.2, 0.25) is 5.02 Å². The Kier molecular flexibility index (Phi) is 7.29. The first-order valence-corrected chi connectivity index (χ1v) is 12.2. The number of halogens is 1. The summed E-state index contributed by atoms with van der Waals surface area (Å²) in [5.41, 5.74) is 4.53. The summed E-state index contributed by atoms with van der Waals surface area (Å²) in [5, 5.41) is 11.7. The van der Waals surface area contributed by atoms with Crippen LogP contribution >= 0.6 is 11.6 Å². The van der Waals surface area contributed by atoms with Gasteiger partial charge in [-0.15, -0.1) is 0 Å². The molecule has 0 atom stereocenters. The molecule has 0 aliphatic heterocycles. The van der Waals surface area contributed by atoms with Crippen molar-refractivity contribution in [2.45, 2.75) is 0 Å². The number of amides is 1. The molecule has 1 amide bonds. The van der Waals surface area contributed by atoms with E-state index in [-0.39, 0.29) is 21.8 Å². The monoisotopic (exact) mass is 537 g/mol. The number of aromatic nitrogens is 2. The van der Waals surface area contributed by atoms with E-state index in [2.05, 4.69) is 5.32 Å². The molecule has 4 aromatic carbocycles. The number of esters is 1. The van der Waals surface area contributed by atoms with Crippen LogP contribution in [0.15, 0.2) is 97.1 Å². The van der Waals surface area contributed by atoms with E-state index in [0.717, 1.165) is 16.8 Å². The van der Waals surface area contributed by atoms with Crippen LogP contribution in [-0.2, 0) is 9.53 Å². The molecule has 0 unspecified atom stereocenters. The second-order valence-electron chi connectivity index (χ2n) is 8.48. The number of carboxylic acid groups (broad SMARTS) is 1. The third-order valence-corrected chi connectivity index (χ3v) is 6.14. The van der Waals surface area contributed by atoms with Crippen molar-refractivity contribution in [1.29, 1.82) is 0 Å². The largest absolute Gasteiger partial charge is 0.478 e. The summed E-state index contributed by atoms with van der Waals surface area (Å²) in [4.78, 5) is 46.0. The maximum atomic E-state index is 12.7. The van der Waals surface area contributed by atoms with Crippen molar-refractivity contribution in [3.63, 3.8) is 0 Å². The molecule has 5 aromatic rings. The number of carbonyl (C=O) groups is 3. The second kappa shape index (κ2) is 11.1. The van der Waals surface area contributed by atoms with E-state index in [9.17, 15) is 19.5 Å². The van der Waals surface area contributed by atoms with E-state index in [1.165, 1.54) is 18.2 Å². The molecule has 0 saturated heterocycles. The van der Waals surface area contributed by atoms with Gasteiger partial charge in [-0.1, -0.05) is 72.3 Å². The van der Waals surface area contributed by atoms with Crippen molar-refractivity contribution in [2.24, 2.45) is 0 Å². The number of carboxylic acids is 1. The van der Waals surface area contributed by atoms with E-state index >= 15 is 0 Å². The maximum Gasteiger partial charge on any atom is 0.338 e. The van der Waals surface area contributed by atoms with Gasteiger partial charge in [-0.25, -0.2) is 19.6 Å². The molecule has 39 heavy (non-hydrogen) atoms. The third-order valence-electron chi connectivity index (χ3n) is 5.81. The van der Waals surface area contributed by atoms with E-state index < -0.39 is 24.5 Å². The molecule has 2 N–H and O–H groups in total. The van der Waals surface area contributed by atoms with Gasteiger partial charge in [0.15, 0.2) is 6.61 Å². The topological polar surface area (TPSA) is 118 Å². The van der Waals surface area contributed by atoms with Gasteiger partial charge < -0.3 is 15.2 Å². The highest BCUT2D eigenvalue weighted by Gasteiger charge is 2.17. The minimum atomic E-state index is -1.23. The number of hydrogen-bond donors (Lipinski definition) is 2. The van der Waals surface area contributed by atoms with E-state index in [1.807, 2.05) is 60.7 Å². The number of fused-ring (bicyclic) bond motifs is 1. The standard InChI is InChI=1S/C30H20ClN3O5/c31-23-13-12-21(16-22(23)29(36)37)32-26(35)17-39-30(38)20-11-14-24-25(15-20)34-28(19-9-5-2-6-10-19)27(33-24)18-7-3-1-4-8-18/h1-16H,17H2,(H,32,35)(H,36,37). The predicted molar refractivity (Wildman–Crippen MR) is 148 cm³/mol. The zero-order chi connectivity index (χ0) is 27.4. The van der Waals surface area contributed by atoms with Crippen molar-refractivity contribution < 1.29 is 24.2 Å². The third kappa shape index (κ3) is 5.76. The molecule has 0 aliphatic carbocycles. The average Bonchev–Trinajstić information content (AvgIpc) is 2.96. The Balaban J connectivity index is 1.37. The Labute approximate surface area is 227 Å². The van der Waals surface area contributed by atoms with Crippen LogP contribution in [0.1, 0.15) is 20.7 Å². The highest BCUT2D eigenvalue weighted by molar-refractivity contribution is 6.33. The molecule has 0 spiro atoms. The number of aromatic carboxylic acids is 1. The number of nitrogens with one attached hydrogen (secondary N) is 1. The summed E-state index contributed by atoms with van der Waals surface area (Å²) in [7, 11) is 0. The highest BCUT2D eigenvalue weighted by atomic mass is 35.5. The fourth-order valence-electron chi connectivity index (χ4n) is 3.95. The molecule has 0 radical (unpaired) electrons. The summed E-state index contributed by atoms with van der Waals surface area (Å²) in [6, 6.07) is 28.2. The number of rotatable bonds is 7. The van der Waals surface area contributed by atoms with Gasteiger partial charge >= 0.3 is 11.9 Å². The molecule has 9 heteroatoms. The quantitative estimate of drug-likeness (QED) is 0.240. The van der Waals surface area contributed by atoms with Crippen LogP contribution in [0.5, 0.6) is 0 Å². The molecule has 8 nitrogen and oxygen atoms in total. The van der Waals surface area contributed by atoms with Crippen molar-refractivity contribution in [1.82, 2.24) is 9.97 Å². The van der Waals surface area contributed by atoms with Crippen molar-refractivity contribution in [2.75, 3.05) is 11.9 Å². The Hall–Kier alpha value is -5.08. The summed E-state index contributed by atoms with van der Waals surface area (Å²) >= 11 is 5.85. The van der Waals surface area contributed by atoms with E-state index in [4.69, 9.17) is 26.3 Å². The molecule has 0 aliphatic rings. The number of nitrogens with zero attached hydrogens (tertiary/aromatic N) is 2. The molecule has 5 rings (SSSR count). The first kappa shape index (κ1) is 25.6. The summed E-state index contributed by atoms with van der Waals surface area (Å²) in [5.74, 6) is -2.58. The first-order valence-electron chi connectivity index (χ1n) is 11.8. The SMILES string of the molecule is O=C(COC(=O)c1ccc2nc(-c3ccccc3)c(-c3ccccc3)nc2c1)Nc1ccc(Cl)c(C(=O)O)c1. The molecule has 0 bridgehead atoms. The highest BCUT2D eigenvalue weighted by Crippen LogP contribution is 2.31. The van der Waals surface area contributed by atoms with Crippen LogP contribution < -0.4 is 5.32 Å². The van der Waals surface area contributed by atoms with Crippen LogP contribution in [0.4, 0.5) is 5.69 Å². The van der Waals surface area contributed by atoms with Gasteiger partial charge in [-0.2, -0.15) is 0 Å². The lowest BCUT2D eigenvalue weighted by atomic mass is 10.0. The molecular formula is C30H20ClN3O5. The maximum absolute atomic E-state index is 12.7. The van der Waals surface area contributed by atoms with Gasteiger partial charge in [-0.3, -0.25) is 4.79 Å². The lowest BCUT2D eigenvalue weighted by molar-refractivity contribution is -0.119. The minimum absolute atomic E-state index is 0.0395. The van der Waals surface area contributed by atoms with Crippen molar-refractivity contribution in [3.05, 3.63) is 113 Å². The number of carbonyl (C=O) groups excluding carboxylic acids is 2. The van der Waals surface area contributed by atoms with Gasteiger partial charge in [0.2, 0.25) is 0 Å². The smallest absolute Gasteiger partial charge is 0.338 e. The van der Waals surface area contributed by atoms with Crippen molar-refractivity contribution in [3.8, 4) is 22.5 Å². The first-order chi connectivity index (χ1) is 18.9. The molecule has 192 valence electrons. The van der Waals surface area contributed by atoms with Gasteiger partial charge in [0.1, 0.15) is 0 Å². The van der Waals surface area contributed by atoms with Crippen molar-refractivity contribution >= 4 is 46.2 Å². The predicted octanol–water partition coefficient (Wildman–Crippen LogP) is 6.11. The van der Waals surface area contributed by atoms with Gasteiger partial charge in [-0.05, 0) is 36.4 Å². The minimum Gasteiger partial charge on any atom is -0.478 e. The molecule has 1 heterocycles. The number of ether oxygens (including phenoxy) is 1. The fourth-order valence-corrected chi connectivity index (χ4v) is 4.15. The average molecular weight is 538 g/mol. The lowest BCUT2D eigenvalue weighted by Crippen LogP contribution is -2.21. The fraction of sp³-hybridized carbons (Fsp3) is 0.0333. The number of hydrogen-bond acceptors (Lipinski definition) is 6. The Morgan fingerprint density at radius 2 is 1.38 bits per heavy atom. The zero-order valence-corrected chi connectivity index (χ0v) is 21.1. The van der Waals surface area contributed by atoms with Crippen LogP contribution in [0.3, 0.4) is 0 Å². The zero-order valence-electron chi connectivity index (χ0n) is 20.3. The van der Waals surface area contributed by atoms with Crippen LogP contribution in [-0.4, -0.2) is 39.5 Å². The number of benzene rings is 4.